The fourth-order valence-electron chi connectivity index (χ4n) is 6.36. The summed E-state index contributed by atoms with van der Waals surface area (Å²) < 4.78 is 3.11. The second-order valence-electron chi connectivity index (χ2n) is 8.77. The van der Waals surface area contributed by atoms with Crippen LogP contribution in [0.25, 0.3) is 0 Å². The summed E-state index contributed by atoms with van der Waals surface area (Å²) in [6, 6.07) is 0. The van der Waals surface area contributed by atoms with Crippen LogP contribution in [-0.4, -0.2) is 21.9 Å². The summed E-state index contributed by atoms with van der Waals surface area (Å²) in [5.74, 6) is 2.15. The number of hydrogen-bond acceptors (Lipinski definition) is 2. The van der Waals surface area contributed by atoms with Gasteiger partial charge >= 0.3 is 147 Å². The van der Waals surface area contributed by atoms with Gasteiger partial charge in [0.25, 0.3) is 0 Å². The number of aliphatic hydroxyl groups is 2. The van der Waals surface area contributed by atoms with Gasteiger partial charge in [-0.1, -0.05) is 0 Å². The maximum atomic E-state index is 11.1. The minimum absolute atomic E-state index is 0.0646. The van der Waals surface area contributed by atoms with Crippen LogP contribution < -0.4 is 0 Å². The van der Waals surface area contributed by atoms with Crippen LogP contribution in [0.4, 0.5) is 0 Å². The first-order valence-corrected chi connectivity index (χ1v) is 9.65. The topological polar surface area (TPSA) is 40.5 Å². The molecule has 4 aliphatic carbocycles. The molecule has 0 aliphatic heterocycles. The maximum absolute atomic E-state index is 11.1. The molecule has 0 aromatic carbocycles. The minimum atomic E-state index is -0.771. The second-order valence-corrected chi connectivity index (χ2v) is 9.09. The van der Waals surface area contributed by atoms with E-state index in [1.807, 2.05) is 6.08 Å². The monoisotopic (exact) mass is 351 g/mol. The van der Waals surface area contributed by atoms with Crippen molar-refractivity contribution in [2.24, 2.45) is 34.5 Å². The second kappa shape index (κ2) is 5.11. The van der Waals surface area contributed by atoms with E-state index in [9.17, 15) is 10.2 Å². The van der Waals surface area contributed by atoms with Crippen LogP contribution in [0.1, 0.15) is 46.0 Å². The van der Waals surface area contributed by atoms with Crippen molar-refractivity contribution >= 4 is 0 Å². The molecule has 4 rings (SSSR count). The molecule has 2 nitrogen and oxygen atoms in total. The van der Waals surface area contributed by atoms with Gasteiger partial charge in [-0.25, -0.2) is 0 Å². The van der Waals surface area contributed by atoms with Crippen molar-refractivity contribution < 1.29 is 25.9 Å². The summed E-state index contributed by atoms with van der Waals surface area (Å²) >= 11 is 2.86. The van der Waals surface area contributed by atoms with E-state index in [2.05, 4.69) is 52.4 Å². The quantitative estimate of drug-likeness (QED) is 0.658. The Hall–Kier alpha value is -0.288. The van der Waals surface area contributed by atoms with Crippen molar-refractivity contribution in [3.05, 3.63) is 24.3 Å². The van der Waals surface area contributed by atoms with Gasteiger partial charge in [0.05, 0.1) is 0 Å². The Labute approximate surface area is 147 Å². The van der Waals surface area contributed by atoms with Crippen molar-refractivity contribution in [1.29, 1.82) is 0 Å². The average Bonchev–Trinajstić information content (AvgIpc) is 2.80. The number of hydrogen-bond donors (Lipinski definition) is 2. The third kappa shape index (κ3) is 2.01. The van der Waals surface area contributed by atoms with Crippen LogP contribution in [0.2, 0.25) is 0 Å². The molecule has 8 atom stereocenters. The Kier molecular flexibility index (Phi) is 3.60. The Bertz CT molecular complexity index is 620. The van der Waals surface area contributed by atoms with Gasteiger partial charge < -0.3 is 0 Å². The molecule has 4 unspecified atom stereocenters. The van der Waals surface area contributed by atoms with Crippen molar-refractivity contribution in [2.75, 3.05) is 0 Å². The Morgan fingerprint density at radius 3 is 2.57 bits per heavy atom. The molecule has 125 valence electrons. The molecular formula is C20H27CrO2. The van der Waals surface area contributed by atoms with Crippen LogP contribution in [0.3, 0.4) is 0 Å². The molecule has 23 heavy (non-hydrogen) atoms. The molecule has 0 aromatic heterocycles. The van der Waals surface area contributed by atoms with Crippen LogP contribution in [0.15, 0.2) is 24.3 Å². The zero-order valence-corrected chi connectivity index (χ0v) is 15.3. The van der Waals surface area contributed by atoms with E-state index < -0.39 is 5.60 Å². The van der Waals surface area contributed by atoms with Crippen molar-refractivity contribution in [2.45, 2.75) is 57.7 Å². The molecule has 3 heteroatoms. The molecule has 4 aliphatic rings. The summed E-state index contributed by atoms with van der Waals surface area (Å²) in [7, 11) is 0. The Morgan fingerprint density at radius 2 is 1.83 bits per heavy atom. The molecule has 0 radical (unpaired) electrons. The molecule has 2 fully saturated rings. The summed E-state index contributed by atoms with van der Waals surface area (Å²) in [4.78, 5) is 0. The molecule has 0 heterocycles. The molecule has 0 amide bonds. The van der Waals surface area contributed by atoms with Gasteiger partial charge in [0.1, 0.15) is 0 Å². The standard InChI is InChI=1S/C20H27O2.Cr/c1-18-9-6-14(21)12-13(18)4-5-15-16(18)7-10-19(2)17(15)8-11-20(19,3)22;/h4-6,9,13-17,21-22H,7-8,10-12H2,1-2H3;/t13?,14-,15?,16?,17?,18-,19-,20-;/m0./s1. The Balaban J connectivity index is 1.72. The summed E-state index contributed by atoms with van der Waals surface area (Å²) in [5.41, 5.74) is -0.676. The van der Waals surface area contributed by atoms with Crippen LogP contribution in [-0.2, 0) is 15.7 Å². The van der Waals surface area contributed by atoms with Gasteiger partial charge in [0, 0.05) is 0 Å². The van der Waals surface area contributed by atoms with Crippen LogP contribution in [0.5, 0.6) is 0 Å². The molecule has 2 saturated carbocycles. The van der Waals surface area contributed by atoms with E-state index >= 15 is 0 Å². The van der Waals surface area contributed by atoms with Crippen molar-refractivity contribution in [3.63, 3.8) is 0 Å². The zero-order valence-electron chi connectivity index (χ0n) is 14.0. The van der Waals surface area contributed by atoms with Gasteiger partial charge in [-0.05, 0) is 0 Å². The normalized spacial score (nSPS) is 57.3. The molecular weight excluding hydrogens is 324 g/mol. The first-order valence-electron chi connectivity index (χ1n) is 9.01. The fraction of sp³-hybridized carbons (Fsp3) is 0.750. The average molecular weight is 351 g/mol. The number of rotatable bonds is 0. The van der Waals surface area contributed by atoms with E-state index in [0.29, 0.717) is 23.7 Å². The zero-order chi connectivity index (χ0) is 16.5. The number of allylic oxidation sites excluding steroid dienone is 3. The molecule has 2 N–H and O–H groups in total. The van der Waals surface area contributed by atoms with Crippen LogP contribution in [0, 0.1) is 39.2 Å². The van der Waals surface area contributed by atoms with Gasteiger partial charge in [-0.2, -0.15) is 0 Å². The van der Waals surface area contributed by atoms with E-state index in [1.165, 1.54) is 0 Å². The van der Waals surface area contributed by atoms with Gasteiger partial charge in [-0.3, -0.25) is 0 Å². The number of fused-ring (bicyclic) bond motifs is 5. The summed E-state index contributed by atoms with van der Waals surface area (Å²) in [5, 5.41) is 21.0. The van der Waals surface area contributed by atoms with Crippen molar-refractivity contribution in [3.8, 4) is 4.69 Å². The fourth-order valence-corrected chi connectivity index (χ4v) is 6.88. The SMILES string of the molecule is C[C@]12C=C[C@H](O)CC1C=CC1C2CC[C@@]2(C)C1CC[C@@]2(O)[C]#[Cr]. The van der Waals surface area contributed by atoms with E-state index in [-0.39, 0.29) is 16.9 Å². The third-order valence-corrected chi connectivity index (χ3v) is 8.52. The third-order valence-electron chi connectivity index (χ3n) is 7.99. The van der Waals surface area contributed by atoms with E-state index in [4.69, 9.17) is 0 Å². The first kappa shape index (κ1) is 16.2. The molecule has 0 saturated heterocycles. The molecule has 0 bridgehead atoms. The van der Waals surface area contributed by atoms with Gasteiger partial charge in [0.15, 0.2) is 0 Å². The first-order chi connectivity index (χ1) is 10.8. The van der Waals surface area contributed by atoms with Crippen LogP contribution >= 0.6 is 0 Å². The summed E-state index contributed by atoms with van der Waals surface area (Å²) in [6.07, 6.45) is 13.8. The van der Waals surface area contributed by atoms with Gasteiger partial charge in [-0.15, -0.1) is 0 Å². The van der Waals surface area contributed by atoms with E-state index in [1.54, 1.807) is 0 Å². The van der Waals surface area contributed by atoms with Gasteiger partial charge in [0.2, 0.25) is 0 Å². The molecule has 0 spiro atoms. The summed E-state index contributed by atoms with van der Waals surface area (Å²) in [6.45, 7) is 4.66. The number of aliphatic hydroxyl groups excluding tert-OH is 1. The Morgan fingerprint density at radius 1 is 1.09 bits per heavy atom. The van der Waals surface area contributed by atoms with Crippen molar-refractivity contribution in [1.82, 2.24) is 0 Å². The predicted molar refractivity (Wildman–Crippen MR) is 86.4 cm³/mol. The predicted octanol–water partition coefficient (Wildman–Crippen LogP) is 3.18. The molecule has 0 aromatic rings. The van der Waals surface area contributed by atoms with E-state index in [0.717, 1.165) is 32.1 Å².